The minimum Gasteiger partial charge on any atom is -0.392 e. The summed E-state index contributed by atoms with van der Waals surface area (Å²) in [6.07, 6.45) is 1.40. The molecule has 0 saturated heterocycles. The number of aliphatic hydroxyl groups excluding tert-OH is 1. The van der Waals surface area contributed by atoms with Gasteiger partial charge in [-0.2, -0.15) is 4.98 Å². The molecule has 7 nitrogen and oxygen atoms in total. The fourth-order valence-corrected chi connectivity index (χ4v) is 2.15. The normalized spacial score (nSPS) is 12.0. The molecule has 3 N–H and O–H groups in total. The summed E-state index contributed by atoms with van der Waals surface area (Å²) in [4.78, 5) is 16.1. The first kappa shape index (κ1) is 17.0. The smallest absolute Gasteiger partial charge is 0.315 e. The highest BCUT2D eigenvalue weighted by Crippen LogP contribution is 2.12. The molecule has 1 aromatic carbocycles. The van der Waals surface area contributed by atoms with Gasteiger partial charge < -0.3 is 20.3 Å². The maximum atomic E-state index is 11.9. The number of rotatable bonds is 7. The van der Waals surface area contributed by atoms with Crippen LogP contribution in [-0.2, 0) is 13.0 Å². The number of carbonyl (C=O) groups excluding carboxylic acids is 1. The molecule has 0 aliphatic heterocycles. The number of amides is 2. The lowest BCUT2D eigenvalue weighted by atomic mass is 10.1. The van der Waals surface area contributed by atoms with Gasteiger partial charge in [0, 0.05) is 13.5 Å². The van der Waals surface area contributed by atoms with E-state index in [-0.39, 0.29) is 18.7 Å². The van der Waals surface area contributed by atoms with Gasteiger partial charge in [0.1, 0.15) is 0 Å². The number of hydrogen-bond donors (Lipinski definition) is 3. The van der Waals surface area contributed by atoms with Crippen LogP contribution in [-0.4, -0.2) is 27.8 Å². The van der Waals surface area contributed by atoms with Crippen LogP contribution in [0, 0.1) is 6.92 Å². The van der Waals surface area contributed by atoms with Gasteiger partial charge in [-0.25, -0.2) is 4.79 Å². The van der Waals surface area contributed by atoms with Gasteiger partial charge >= 0.3 is 6.03 Å². The third kappa shape index (κ3) is 5.07. The Labute approximate surface area is 135 Å². The number of hydrogen-bond acceptors (Lipinski definition) is 5. The van der Waals surface area contributed by atoms with E-state index in [9.17, 15) is 4.79 Å². The second-order valence-corrected chi connectivity index (χ2v) is 5.26. The first-order valence-electron chi connectivity index (χ1n) is 7.65. The molecule has 0 aliphatic rings. The number of aryl methyl sites for hydroxylation is 1. The summed E-state index contributed by atoms with van der Waals surface area (Å²) in [5.41, 5.74) is 1.98. The third-order valence-corrected chi connectivity index (χ3v) is 3.47. The number of aliphatic hydroxyl groups is 1. The van der Waals surface area contributed by atoms with Crippen molar-refractivity contribution in [3.8, 4) is 0 Å². The summed E-state index contributed by atoms with van der Waals surface area (Å²) in [5, 5.41) is 18.5. The lowest BCUT2D eigenvalue weighted by Gasteiger charge is -2.14. The fraction of sp³-hybridized carbons (Fsp3) is 0.438. The van der Waals surface area contributed by atoms with Gasteiger partial charge in [-0.1, -0.05) is 36.3 Å². The second-order valence-electron chi connectivity index (χ2n) is 5.26. The molecule has 0 fully saturated rings. The van der Waals surface area contributed by atoms with Crippen LogP contribution in [0.5, 0.6) is 0 Å². The van der Waals surface area contributed by atoms with E-state index in [0.717, 1.165) is 17.5 Å². The van der Waals surface area contributed by atoms with E-state index in [2.05, 4.69) is 20.8 Å². The fourth-order valence-electron chi connectivity index (χ4n) is 2.15. The molecule has 0 spiro atoms. The van der Waals surface area contributed by atoms with Crippen LogP contribution in [0.2, 0.25) is 0 Å². The molecule has 7 heteroatoms. The van der Waals surface area contributed by atoms with Crippen LogP contribution >= 0.6 is 0 Å². The Morgan fingerprint density at radius 1 is 1.30 bits per heavy atom. The van der Waals surface area contributed by atoms with E-state index in [1.165, 1.54) is 0 Å². The Bertz CT molecular complexity index is 625. The monoisotopic (exact) mass is 318 g/mol. The minimum atomic E-state index is -0.267. The number of benzene rings is 1. The molecule has 0 radical (unpaired) electrons. The molecule has 0 bridgehead atoms. The Kier molecular flexibility index (Phi) is 6.10. The zero-order valence-corrected chi connectivity index (χ0v) is 13.4. The number of carbonyl (C=O) groups is 1. The van der Waals surface area contributed by atoms with Crippen LogP contribution in [0.4, 0.5) is 4.79 Å². The van der Waals surface area contributed by atoms with Crippen molar-refractivity contribution in [3.63, 3.8) is 0 Å². The lowest BCUT2D eigenvalue weighted by Crippen LogP contribution is -2.39. The predicted octanol–water partition coefficient (Wildman–Crippen LogP) is 1.86. The van der Waals surface area contributed by atoms with Crippen LogP contribution < -0.4 is 10.6 Å². The van der Waals surface area contributed by atoms with Crippen molar-refractivity contribution < 1.29 is 14.4 Å². The standard InChI is InChI=1S/C16H22N4O3/c1-3-14(15-18-11(2)23-20-15)19-16(22)17-9-8-12-4-6-13(10-21)7-5-12/h4-7,14,21H,3,8-10H2,1-2H3,(H2,17,19,22). The quantitative estimate of drug-likeness (QED) is 0.723. The van der Waals surface area contributed by atoms with Crippen LogP contribution in [0.1, 0.15) is 42.2 Å². The van der Waals surface area contributed by atoms with Gasteiger partial charge in [0.15, 0.2) is 5.82 Å². The molecule has 124 valence electrons. The lowest BCUT2D eigenvalue weighted by molar-refractivity contribution is 0.236. The number of urea groups is 1. The van der Waals surface area contributed by atoms with E-state index >= 15 is 0 Å². The molecule has 2 amide bonds. The van der Waals surface area contributed by atoms with Crippen LogP contribution in [0.3, 0.4) is 0 Å². The molecule has 23 heavy (non-hydrogen) atoms. The number of aromatic nitrogens is 2. The van der Waals surface area contributed by atoms with Crippen LogP contribution in [0.25, 0.3) is 0 Å². The highest BCUT2D eigenvalue weighted by atomic mass is 16.5. The average Bonchev–Trinajstić information content (AvgIpc) is 2.99. The van der Waals surface area contributed by atoms with Gasteiger partial charge in [0.2, 0.25) is 5.89 Å². The maximum absolute atomic E-state index is 11.9. The Morgan fingerprint density at radius 2 is 2.00 bits per heavy atom. The summed E-state index contributed by atoms with van der Waals surface area (Å²) in [6, 6.07) is 7.12. The maximum Gasteiger partial charge on any atom is 0.315 e. The number of nitrogens with zero attached hydrogens (tertiary/aromatic N) is 2. The van der Waals surface area contributed by atoms with E-state index in [1.807, 2.05) is 31.2 Å². The Hall–Kier alpha value is -2.41. The second kappa shape index (κ2) is 8.28. The summed E-state index contributed by atoms with van der Waals surface area (Å²) in [7, 11) is 0. The van der Waals surface area contributed by atoms with Crippen molar-refractivity contribution in [3.05, 3.63) is 47.1 Å². The molecular weight excluding hydrogens is 296 g/mol. The molecule has 1 aromatic heterocycles. The van der Waals surface area contributed by atoms with E-state index in [0.29, 0.717) is 24.7 Å². The Balaban J connectivity index is 1.77. The van der Waals surface area contributed by atoms with E-state index in [1.54, 1.807) is 6.92 Å². The van der Waals surface area contributed by atoms with Gasteiger partial charge in [0.25, 0.3) is 0 Å². The molecule has 1 unspecified atom stereocenters. The number of nitrogens with one attached hydrogen (secondary N) is 2. The average molecular weight is 318 g/mol. The first-order chi connectivity index (χ1) is 11.1. The summed E-state index contributed by atoms with van der Waals surface area (Å²) in [5.74, 6) is 0.965. The first-order valence-corrected chi connectivity index (χ1v) is 7.65. The summed E-state index contributed by atoms with van der Waals surface area (Å²) in [6.45, 7) is 4.21. The molecule has 2 aromatic rings. The SMILES string of the molecule is CCC(NC(=O)NCCc1ccc(CO)cc1)c1noc(C)n1. The minimum absolute atomic E-state index is 0.0366. The van der Waals surface area contributed by atoms with Crippen LogP contribution in [0.15, 0.2) is 28.8 Å². The Morgan fingerprint density at radius 3 is 2.57 bits per heavy atom. The van der Waals surface area contributed by atoms with Crippen molar-refractivity contribution in [1.82, 2.24) is 20.8 Å². The highest BCUT2D eigenvalue weighted by molar-refractivity contribution is 5.74. The molecular formula is C16H22N4O3. The molecule has 2 rings (SSSR count). The molecule has 1 heterocycles. The summed E-state index contributed by atoms with van der Waals surface area (Å²) >= 11 is 0. The van der Waals surface area contributed by atoms with Crippen molar-refractivity contribution in [2.24, 2.45) is 0 Å². The van der Waals surface area contributed by atoms with Crippen molar-refractivity contribution in [2.75, 3.05) is 6.54 Å². The summed E-state index contributed by atoms with van der Waals surface area (Å²) < 4.78 is 4.94. The topological polar surface area (TPSA) is 100 Å². The third-order valence-electron chi connectivity index (χ3n) is 3.47. The van der Waals surface area contributed by atoms with Crippen molar-refractivity contribution >= 4 is 6.03 Å². The van der Waals surface area contributed by atoms with Crippen molar-refractivity contribution in [2.45, 2.75) is 39.3 Å². The van der Waals surface area contributed by atoms with E-state index < -0.39 is 0 Å². The van der Waals surface area contributed by atoms with E-state index in [4.69, 9.17) is 9.63 Å². The predicted molar refractivity (Wildman–Crippen MR) is 84.7 cm³/mol. The zero-order chi connectivity index (χ0) is 16.7. The molecule has 1 atom stereocenters. The van der Waals surface area contributed by atoms with Gasteiger partial charge in [-0.3, -0.25) is 0 Å². The largest absolute Gasteiger partial charge is 0.392 e. The van der Waals surface area contributed by atoms with Gasteiger partial charge in [-0.05, 0) is 24.0 Å². The molecule has 0 aliphatic carbocycles. The van der Waals surface area contributed by atoms with Crippen molar-refractivity contribution in [1.29, 1.82) is 0 Å². The molecule has 0 saturated carbocycles. The zero-order valence-electron chi connectivity index (χ0n) is 13.4. The highest BCUT2D eigenvalue weighted by Gasteiger charge is 2.17. The van der Waals surface area contributed by atoms with Gasteiger partial charge in [0.05, 0.1) is 12.6 Å². The van der Waals surface area contributed by atoms with Gasteiger partial charge in [-0.15, -0.1) is 0 Å².